The minimum atomic E-state index is 0.361. The SMILES string of the molecule is CN=Cc1ccccc1Pc1cccc(-c2ccccc2)c1O. The van der Waals surface area contributed by atoms with Crippen molar-refractivity contribution in [1.29, 1.82) is 0 Å². The largest absolute Gasteiger partial charge is 0.507 e. The van der Waals surface area contributed by atoms with Crippen molar-refractivity contribution >= 4 is 25.4 Å². The van der Waals surface area contributed by atoms with Gasteiger partial charge >= 0.3 is 0 Å². The molecule has 0 aliphatic carbocycles. The van der Waals surface area contributed by atoms with Crippen LogP contribution in [0.2, 0.25) is 0 Å². The van der Waals surface area contributed by atoms with Gasteiger partial charge in [-0.25, -0.2) is 0 Å². The van der Waals surface area contributed by atoms with Crippen molar-refractivity contribution in [1.82, 2.24) is 0 Å². The quantitative estimate of drug-likeness (QED) is 0.577. The first kappa shape index (κ1) is 15.5. The van der Waals surface area contributed by atoms with Gasteiger partial charge in [0.05, 0.1) is 0 Å². The number of nitrogens with zero attached hydrogens (tertiary/aromatic N) is 1. The smallest absolute Gasteiger partial charge is 0.131 e. The van der Waals surface area contributed by atoms with Gasteiger partial charge in [0.2, 0.25) is 0 Å². The van der Waals surface area contributed by atoms with Gasteiger partial charge in [-0.3, -0.25) is 4.99 Å². The number of phenolic OH excluding ortho intramolecular Hbond substituents is 1. The van der Waals surface area contributed by atoms with E-state index in [0.717, 1.165) is 22.0 Å². The van der Waals surface area contributed by atoms with Crippen molar-refractivity contribution in [3.8, 4) is 16.9 Å². The molecule has 1 N–H and O–H groups in total. The van der Waals surface area contributed by atoms with Crippen molar-refractivity contribution in [2.75, 3.05) is 7.05 Å². The normalized spacial score (nSPS) is 11.5. The molecule has 114 valence electrons. The second-order valence-electron chi connectivity index (χ2n) is 5.17. The molecule has 23 heavy (non-hydrogen) atoms. The Morgan fingerprint density at radius 1 is 0.826 bits per heavy atom. The summed E-state index contributed by atoms with van der Waals surface area (Å²) in [7, 11) is 2.16. The number of aromatic hydroxyl groups is 1. The first-order valence-corrected chi connectivity index (χ1v) is 8.45. The number of hydrogen-bond donors (Lipinski definition) is 1. The number of para-hydroxylation sites is 1. The molecular formula is C20H18NOP. The van der Waals surface area contributed by atoms with Crippen molar-refractivity contribution in [2.45, 2.75) is 0 Å². The van der Waals surface area contributed by atoms with E-state index in [-0.39, 0.29) is 0 Å². The number of benzene rings is 3. The average Bonchev–Trinajstić information content (AvgIpc) is 2.59. The van der Waals surface area contributed by atoms with Crippen LogP contribution in [-0.2, 0) is 0 Å². The Hall–Kier alpha value is -2.44. The Labute approximate surface area is 138 Å². The molecule has 0 amide bonds. The van der Waals surface area contributed by atoms with Gasteiger partial charge < -0.3 is 5.11 Å². The van der Waals surface area contributed by atoms with Crippen LogP contribution in [-0.4, -0.2) is 18.4 Å². The zero-order chi connectivity index (χ0) is 16.1. The highest BCUT2D eigenvalue weighted by molar-refractivity contribution is 7.56. The van der Waals surface area contributed by atoms with Crippen LogP contribution in [0, 0.1) is 0 Å². The van der Waals surface area contributed by atoms with Crippen LogP contribution in [0.25, 0.3) is 11.1 Å². The minimum Gasteiger partial charge on any atom is -0.507 e. The molecule has 0 radical (unpaired) electrons. The van der Waals surface area contributed by atoms with Gasteiger partial charge in [-0.05, 0) is 16.4 Å². The van der Waals surface area contributed by atoms with E-state index in [0.29, 0.717) is 14.3 Å². The molecular weight excluding hydrogens is 301 g/mol. The molecule has 0 heterocycles. The second kappa shape index (κ2) is 7.21. The fraction of sp³-hybridized carbons (Fsp3) is 0.0500. The average molecular weight is 319 g/mol. The van der Waals surface area contributed by atoms with Gasteiger partial charge in [0.25, 0.3) is 0 Å². The highest BCUT2D eigenvalue weighted by Gasteiger charge is 2.10. The fourth-order valence-electron chi connectivity index (χ4n) is 2.50. The summed E-state index contributed by atoms with van der Waals surface area (Å²) in [5.74, 6) is 0.361. The molecule has 0 saturated heterocycles. The third-order valence-corrected chi connectivity index (χ3v) is 5.02. The van der Waals surface area contributed by atoms with E-state index in [9.17, 15) is 5.11 Å². The van der Waals surface area contributed by atoms with E-state index in [2.05, 4.69) is 11.1 Å². The maximum atomic E-state index is 10.7. The maximum Gasteiger partial charge on any atom is 0.131 e. The lowest BCUT2D eigenvalue weighted by Gasteiger charge is -2.11. The molecule has 0 bridgehead atoms. The lowest BCUT2D eigenvalue weighted by molar-refractivity contribution is 0.482. The van der Waals surface area contributed by atoms with E-state index in [1.807, 2.05) is 72.9 Å². The fourth-order valence-corrected chi connectivity index (χ4v) is 3.70. The first-order chi connectivity index (χ1) is 11.3. The van der Waals surface area contributed by atoms with Crippen LogP contribution < -0.4 is 10.6 Å². The third kappa shape index (κ3) is 3.49. The van der Waals surface area contributed by atoms with E-state index >= 15 is 0 Å². The van der Waals surface area contributed by atoms with E-state index in [4.69, 9.17) is 0 Å². The molecule has 0 aromatic heterocycles. The summed E-state index contributed by atoms with van der Waals surface area (Å²) in [6.07, 6.45) is 1.86. The predicted molar refractivity (Wildman–Crippen MR) is 101 cm³/mol. The van der Waals surface area contributed by atoms with Gasteiger partial charge in [0.1, 0.15) is 5.75 Å². The highest BCUT2D eigenvalue weighted by Crippen LogP contribution is 2.31. The zero-order valence-corrected chi connectivity index (χ0v) is 13.9. The van der Waals surface area contributed by atoms with E-state index in [1.165, 1.54) is 5.30 Å². The summed E-state index contributed by atoms with van der Waals surface area (Å²) in [5.41, 5.74) is 3.00. The van der Waals surface area contributed by atoms with Crippen LogP contribution in [0.15, 0.2) is 77.8 Å². The zero-order valence-electron chi connectivity index (χ0n) is 12.9. The molecule has 3 rings (SSSR count). The number of aliphatic imine (C=N–C) groups is 1. The Morgan fingerprint density at radius 2 is 1.52 bits per heavy atom. The molecule has 3 aromatic carbocycles. The molecule has 2 nitrogen and oxygen atoms in total. The highest BCUT2D eigenvalue weighted by atomic mass is 31.1. The summed E-state index contributed by atoms with van der Waals surface area (Å²) in [6, 6.07) is 24.1. The van der Waals surface area contributed by atoms with Gasteiger partial charge in [0, 0.05) is 24.1 Å². The van der Waals surface area contributed by atoms with Crippen LogP contribution >= 0.6 is 8.58 Å². The number of rotatable bonds is 4. The van der Waals surface area contributed by atoms with Gasteiger partial charge in [-0.2, -0.15) is 0 Å². The lowest BCUT2D eigenvalue weighted by atomic mass is 10.1. The standard InChI is InChI=1S/C20H18NOP/c1-21-14-16-10-5-6-12-18(16)23-19-13-7-11-17(20(19)22)15-8-3-2-4-9-15/h2-14,22-23H,1H3. The molecule has 3 aromatic rings. The molecule has 0 aliphatic heterocycles. The summed E-state index contributed by atoms with van der Waals surface area (Å²) in [6.45, 7) is 0. The minimum absolute atomic E-state index is 0.361. The molecule has 0 fully saturated rings. The van der Waals surface area contributed by atoms with E-state index in [1.54, 1.807) is 7.05 Å². The van der Waals surface area contributed by atoms with Gasteiger partial charge in [-0.15, -0.1) is 0 Å². The lowest BCUT2D eigenvalue weighted by Crippen LogP contribution is -2.09. The molecule has 0 aliphatic rings. The Kier molecular flexibility index (Phi) is 4.85. The first-order valence-electron chi connectivity index (χ1n) is 7.45. The Balaban J connectivity index is 1.99. The number of hydrogen-bond acceptors (Lipinski definition) is 2. The topological polar surface area (TPSA) is 32.6 Å². The predicted octanol–water partition coefficient (Wildman–Crippen LogP) is 3.74. The molecule has 0 saturated carbocycles. The van der Waals surface area contributed by atoms with E-state index < -0.39 is 0 Å². The molecule has 1 unspecified atom stereocenters. The van der Waals surface area contributed by atoms with Crippen LogP contribution in [0.4, 0.5) is 0 Å². The molecule has 0 spiro atoms. The third-order valence-electron chi connectivity index (χ3n) is 3.62. The van der Waals surface area contributed by atoms with Crippen LogP contribution in [0.5, 0.6) is 5.75 Å². The Bertz CT molecular complexity index is 828. The Morgan fingerprint density at radius 3 is 2.30 bits per heavy atom. The summed E-state index contributed by atoms with van der Waals surface area (Å²) >= 11 is 0. The summed E-state index contributed by atoms with van der Waals surface area (Å²) in [4.78, 5) is 4.11. The monoisotopic (exact) mass is 319 g/mol. The van der Waals surface area contributed by atoms with Crippen molar-refractivity contribution in [3.63, 3.8) is 0 Å². The second-order valence-corrected chi connectivity index (χ2v) is 6.49. The van der Waals surface area contributed by atoms with Crippen molar-refractivity contribution in [2.24, 2.45) is 4.99 Å². The maximum absolute atomic E-state index is 10.7. The van der Waals surface area contributed by atoms with Gasteiger partial charge in [0.15, 0.2) is 0 Å². The molecule has 1 atom stereocenters. The van der Waals surface area contributed by atoms with Crippen LogP contribution in [0.3, 0.4) is 0 Å². The van der Waals surface area contributed by atoms with Gasteiger partial charge in [-0.1, -0.05) is 81.4 Å². The molecule has 3 heteroatoms. The van der Waals surface area contributed by atoms with Crippen LogP contribution in [0.1, 0.15) is 5.56 Å². The summed E-state index contributed by atoms with van der Waals surface area (Å²) in [5, 5.41) is 12.8. The van der Waals surface area contributed by atoms with Crippen molar-refractivity contribution in [3.05, 3.63) is 78.4 Å². The van der Waals surface area contributed by atoms with Crippen molar-refractivity contribution < 1.29 is 5.11 Å². The number of phenols is 1. The summed E-state index contributed by atoms with van der Waals surface area (Å²) < 4.78 is 0.